The first kappa shape index (κ1) is 15.6. The molecule has 0 saturated carbocycles. The third kappa shape index (κ3) is 3.91. The number of rotatable bonds is 5. The van der Waals surface area contributed by atoms with Gasteiger partial charge in [0.25, 0.3) is 0 Å². The molecule has 3 rings (SSSR count). The molecule has 5 nitrogen and oxygen atoms in total. The summed E-state index contributed by atoms with van der Waals surface area (Å²) in [5.41, 5.74) is 1.64. The summed E-state index contributed by atoms with van der Waals surface area (Å²) >= 11 is 0. The van der Waals surface area contributed by atoms with Crippen molar-refractivity contribution in [2.45, 2.75) is 13.0 Å². The Morgan fingerprint density at radius 3 is 2.61 bits per heavy atom. The number of benzene rings is 2. The van der Waals surface area contributed by atoms with Crippen molar-refractivity contribution in [2.24, 2.45) is 0 Å². The molecule has 1 aliphatic rings. The van der Waals surface area contributed by atoms with Crippen LogP contribution in [0.3, 0.4) is 0 Å². The van der Waals surface area contributed by atoms with Crippen LogP contribution in [0.25, 0.3) is 6.08 Å². The number of sulfonamides is 1. The Bertz CT molecular complexity index is 816. The first-order valence-corrected chi connectivity index (χ1v) is 8.73. The Balaban J connectivity index is 1.71. The molecule has 0 fully saturated rings. The Hall–Kier alpha value is -2.31. The van der Waals surface area contributed by atoms with Crippen molar-refractivity contribution in [3.63, 3.8) is 0 Å². The summed E-state index contributed by atoms with van der Waals surface area (Å²) in [6.45, 7) is 1.98. The predicted octanol–water partition coefficient (Wildman–Crippen LogP) is 3.07. The molecule has 1 N–H and O–H groups in total. The van der Waals surface area contributed by atoms with Gasteiger partial charge in [-0.15, -0.1) is 0 Å². The van der Waals surface area contributed by atoms with E-state index in [1.54, 1.807) is 25.1 Å². The first-order valence-electron chi connectivity index (χ1n) is 7.18. The third-order valence-electron chi connectivity index (χ3n) is 3.48. The highest BCUT2D eigenvalue weighted by molar-refractivity contribution is 7.92. The fourth-order valence-corrected chi connectivity index (χ4v) is 3.31. The van der Waals surface area contributed by atoms with Gasteiger partial charge < -0.3 is 9.47 Å². The van der Waals surface area contributed by atoms with Crippen LogP contribution in [0.5, 0.6) is 11.5 Å². The number of ether oxygens (including phenoxy) is 2. The molecule has 0 aromatic heterocycles. The fourth-order valence-electron chi connectivity index (χ4n) is 2.27. The van der Waals surface area contributed by atoms with Crippen LogP contribution in [0.1, 0.15) is 24.1 Å². The number of nitrogens with one attached hydrogen (secondary N) is 1. The lowest BCUT2D eigenvalue weighted by molar-refractivity contribution is 0.174. The third-order valence-corrected chi connectivity index (χ3v) is 4.65. The Labute approximate surface area is 135 Å². The number of fused-ring (bicyclic) bond motifs is 1. The van der Waals surface area contributed by atoms with E-state index in [1.807, 2.05) is 36.4 Å². The molecule has 1 unspecified atom stereocenters. The molecule has 1 aliphatic heterocycles. The summed E-state index contributed by atoms with van der Waals surface area (Å²) in [7, 11) is -3.54. The molecule has 0 spiro atoms. The predicted molar refractivity (Wildman–Crippen MR) is 88.5 cm³/mol. The highest BCUT2D eigenvalue weighted by atomic mass is 32.2. The fraction of sp³-hybridized carbons (Fsp3) is 0.176. The average Bonchev–Trinajstić information content (AvgIpc) is 3.01. The topological polar surface area (TPSA) is 64.6 Å². The van der Waals surface area contributed by atoms with E-state index in [4.69, 9.17) is 9.47 Å². The van der Waals surface area contributed by atoms with Gasteiger partial charge in [-0.05, 0) is 36.3 Å². The van der Waals surface area contributed by atoms with Crippen molar-refractivity contribution in [1.29, 1.82) is 0 Å². The van der Waals surface area contributed by atoms with E-state index in [0.29, 0.717) is 11.5 Å². The largest absolute Gasteiger partial charge is 0.454 e. The SMILES string of the molecule is CC(NS(=O)(=O)/C=C/c1ccccc1)c1ccc2c(c1)OCO2. The van der Waals surface area contributed by atoms with Gasteiger partial charge in [0.1, 0.15) is 0 Å². The van der Waals surface area contributed by atoms with Gasteiger partial charge in [-0.3, -0.25) is 0 Å². The van der Waals surface area contributed by atoms with E-state index < -0.39 is 10.0 Å². The Morgan fingerprint density at radius 1 is 1.09 bits per heavy atom. The Kier molecular flexibility index (Phi) is 4.36. The van der Waals surface area contributed by atoms with Crippen LogP contribution in [0.2, 0.25) is 0 Å². The van der Waals surface area contributed by atoms with E-state index in [2.05, 4.69) is 4.72 Å². The van der Waals surface area contributed by atoms with Gasteiger partial charge in [0, 0.05) is 11.4 Å². The summed E-state index contributed by atoms with van der Waals surface area (Å²) in [6, 6.07) is 14.3. The highest BCUT2D eigenvalue weighted by Crippen LogP contribution is 2.34. The normalized spacial score (nSPS) is 15.0. The minimum Gasteiger partial charge on any atom is -0.454 e. The monoisotopic (exact) mass is 331 g/mol. The van der Waals surface area contributed by atoms with E-state index in [9.17, 15) is 8.42 Å². The van der Waals surface area contributed by atoms with Crippen LogP contribution >= 0.6 is 0 Å². The smallest absolute Gasteiger partial charge is 0.234 e. The molecule has 0 bridgehead atoms. The number of hydrogen-bond acceptors (Lipinski definition) is 4. The van der Waals surface area contributed by atoms with Crippen LogP contribution in [-0.2, 0) is 10.0 Å². The minimum absolute atomic E-state index is 0.193. The zero-order chi connectivity index (χ0) is 16.3. The van der Waals surface area contributed by atoms with Crippen LogP contribution in [-0.4, -0.2) is 15.2 Å². The van der Waals surface area contributed by atoms with Crippen LogP contribution in [0.4, 0.5) is 0 Å². The molecule has 0 saturated heterocycles. The maximum atomic E-state index is 12.2. The molecule has 1 atom stereocenters. The Morgan fingerprint density at radius 2 is 1.83 bits per heavy atom. The molecule has 2 aromatic carbocycles. The van der Waals surface area contributed by atoms with Gasteiger partial charge in [-0.1, -0.05) is 36.4 Å². The second-order valence-corrected chi connectivity index (χ2v) is 6.81. The van der Waals surface area contributed by atoms with Crippen molar-refractivity contribution in [2.75, 3.05) is 6.79 Å². The lowest BCUT2D eigenvalue weighted by Crippen LogP contribution is -2.24. The van der Waals surface area contributed by atoms with Gasteiger partial charge in [0.05, 0.1) is 0 Å². The molecule has 6 heteroatoms. The van der Waals surface area contributed by atoms with Gasteiger partial charge in [-0.25, -0.2) is 13.1 Å². The maximum Gasteiger partial charge on any atom is 0.234 e. The second-order valence-electron chi connectivity index (χ2n) is 5.21. The van der Waals surface area contributed by atoms with Gasteiger partial charge in [0.2, 0.25) is 16.8 Å². The van der Waals surface area contributed by atoms with Crippen LogP contribution < -0.4 is 14.2 Å². The molecular weight excluding hydrogens is 314 g/mol. The average molecular weight is 331 g/mol. The maximum absolute atomic E-state index is 12.2. The zero-order valence-corrected chi connectivity index (χ0v) is 13.4. The lowest BCUT2D eigenvalue weighted by Gasteiger charge is -2.13. The molecule has 0 amide bonds. The van der Waals surface area contributed by atoms with Crippen molar-refractivity contribution in [3.05, 3.63) is 65.1 Å². The van der Waals surface area contributed by atoms with E-state index >= 15 is 0 Å². The quantitative estimate of drug-likeness (QED) is 0.914. The van der Waals surface area contributed by atoms with Gasteiger partial charge in [0.15, 0.2) is 11.5 Å². The van der Waals surface area contributed by atoms with Crippen molar-refractivity contribution < 1.29 is 17.9 Å². The minimum atomic E-state index is -3.54. The van der Waals surface area contributed by atoms with E-state index in [0.717, 1.165) is 11.1 Å². The molecular formula is C17H17NO4S. The molecule has 0 aliphatic carbocycles. The highest BCUT2D eigenvalue weighted by Gasteiger charge is 2.18. The van der Waals surface area contributed by atoms with Gasteiger partial charge >= 0.3 is 0 Å². The molecule has 1 heterocycles. The molecule has 23 heavy (non-hydrogen) atoms. The summed E-state index contributed by atoms with van der Waals surface area (Å²) in [5.74, 6) is 1.31. The lowest BCUT2D eigenvalue weighted by atomic mass is 10.1. The van der Waals surface area contributed by atoms with Crippen LogP contribution in [0.15, 0.2) is 53.9 Å². The van der Waals surface area contributed by atoms with Crippen molar-refractivity contribution >= 4 is 16.1 Å². The van der Waals surface area contributed by atoms with Gasteiger partial charge in [-0.2, -0.15) is 0 Å². The first-order chi connectivity index (χ1) is 11.0. The summed E-state index contributed by atoms with van der Waals surface area (Å²) in [5, 5.41) is 1.17. The molecule has 2 aromatic rings. The van der Waals surface area contributed by atoms with Crippen molar-refractivity contribution in [1.82, 2.24) is 4.72 Å². The summed E-state index contributed by atoms with van der Waals surface area (Å²) < 4.78 is 37.5. The zero-order valence-electron chi connectivity index (χ0n) is 12.6. The van der Waals surface area contributed by atoms with Crippen LogP contribution in [0, 0.1) is 0 Å². The number of hydrogen-bond donors (Lipinski definition) is 1. The van der Waals surface area contributed by atoms with Crippen molar-refractivity contribution in [3.8, 4) is 11.5 Å². The molecule has 120 valence electrons. The van der Waals surface area contributed by atoms with E-state index in [-0.39, 0.29) is 12.8 Å². The molecule has 0 radical (unpaired) electrons. The standard InChI is InChI=1S/C17H17NO4S/c1-13(15-7-8-16-17(11-15)22-12-21-16)18-23(19,20)10-9-14-5-3-2-4-6-14/h2-11,13,18H,12H2,1H3/b10-9+. The summed E-state index contributed by atoms with van der Waals surface area (Å²) in [6.07, 6.45) is 1.56. The summed E-state index contributed by atoms with van der Waals surface area (Å²) in [4.78, 5) is 0. The van der Waals surface area contributed by atoms with E-state index in [1.165, 1.54) is 5.41 Å². The second kappa shape index (κ2) is 6.44.